The molecule has 8 bridgehead atoms. The molecule has 14 heteroatoms. The van der Waals surface area contributed by atoms with E-state index in [1.807, 2.05) is 0 Å². The summed E-state index contributed by atoms with van der Waals surface area (Å²) in [5.41, 5.74) is -1.29. The van der Waals surface area contributed by atoms with Crippen LogP contribution < -0.4 is 0 Å². The first-order valence-corrected chi connectivity index (χ1v) is 22.2. The molecular formula is C28H40Cl4O8P2. The molecule has 0 aromatic heterocycles. The molecule has 0 heterocycles. The summed E-state index contributed by atoms with van der Waals surface area (Å²) in [6, 6.07) is 0. The lowest BCUT2D eigenvalue weighted by Gasteiger charge is -2.60. The third kappa shape index (κ3) is 5.89. The van der Waals surface area contributed by atoms with Crippen molar-refractivity contribution < 1.29 is 37.7 Å². The van der Waals surface area contributed by atoms with Crippen LogP contribution in [0.3, 0.4) is 0 Å². The highest BCUT2D eigenvalue weighted by molar-refractivity contribution is 8.09. The fourth-order valence-electron chi connectivity index (χ4n) is 10.5. The third-order valence-corrected chi connectivity index (χ3v) is 18.9. The number of hydrogen-bond acceptors (Lipinski definition) is 8. The summed E-state index contributed by atoms with van der Waals surface area (Å²) in [6.45, 7) is 1.34. The summed E-state index contributed by atoms with van der Waals surface area (Å²) >= 11 is 24.9. The standard InChI is InChI=1S/C28H40Cl4O8P2/c29-41(30,35)27-13-19-7-20(14-27)10-25(9-19,17-27)23(33)39-5-3-37-1-2-38-4-6-40-24(34)26-11-21-8-22(12-26)16-28(15-21,18-26)42(31,32)36/h19-22H,1-18H2. The van der Waals surface area contributed by atoms with Crippen LogP contribution in [0, 0.1) is 34.5 Å². The number of carbonyl (C=O) groups is 2. The van der Waals surface area contributed by atoms with Crippen LogP contribution in [0.2, 0.25) is 0 Å². The van der Waals surface area contributed by atoms with Crippen LogP contribution in [-0.2, 0) is 37.7 Å². The summed E-state index contributed by atoms with van der Waals surface area (Å²) in [5.74, 6) is -6.00. The smallest absolute Gasteiger partial charge is 0.312 e. The van der Waals surface area contributed by atoms with Crippen LogP contribution >= 0.6 is 56.7 Å². The monoisotopic (exact) mass is 706 g/mol. The Balaban J connectivity index is 0.865. The molecule has 0 N–H and O–H groups in total. The summed E-state index contributed by atoms with van der Waals surface area (Å²) < 4.78 is 47.9. The van der Waals surface area contributed by atoms with Gasteiger partial charge in [0.1, 0.15) is 13.2 Å². The lowest BCUT2D eigenvalue weighted by Crippen LogP contribution is -2.57. The Morgan fingerprint density at radius 3 is 1.17 bits per heavy atom. The maximum atomic E-state index is 13.1. The van der Waals surface area contributed by atoms with E-state index in [4.69, 9.17) is 63.9 Å². The Hall–Kier alpha value is 0.480. The highest BCUT2D eigenvalue weighted by Gasteiger charge is 2.67. The normalized spacial score (nSPS) is 41.7. The molecule has 8 saturated carbocycles. The van der Waals surface area contributed by atoms with Gasteiger partial charge in [0.05, 0.1) is 47.6 Å². The van der Waals surface area contributed by atoms with E-state index < -0.39 is 32.8 Å². The van der Waals surface area contributed by atoms with Crippen molar-refractivity contribution in [3.63, 3.8) is 0 Å². The van der Waals surface area contributed by atoms with Gasteiger partial charge < -0.3 is 18.9 Å². The largest absolute Gasteiger partial charge is 0.463 e. The summed E-state index contributed by atoms with van der Waals surface area (Å²) in [7, 11) is 0. The van der Waals surface area contributed by atoms with Gasteiger partial charge in [0.2, 0.25) is 0 Å². The molecule has 4 unspecified atom stereocenters. The molecule has 8 nitrogen and oxygen atoms in total. The highest BCUT2D eigenvalue weighted by Crippen LogP contribution is 2.81. The topological polar surface area (TPSA) is 105 Å². The summed E-state index contributed by atoms with van der Waals surface area (Å²) in [6.07, 6.45) is 8.91. The summed E-state index contributed by atoms with van der Waals surface area (Å²) in [4.78, 5) is 26.3. The second-order valence-electron chi connectivity index (χ2n) is 14.4. The predicted octanol–water partition coefficient (Wildman–Crippen LogP) is 8.13. The van der Waals surface area contributed by atoms with Gasteiger partial charge in [-0.05, 0) is 146 Å². The van der Waals surface area contributed by atoms with Crippen molar-refractivity contribution in [2.24, 2.45) is 34.5 Å². The Morgan fingerprint density at radius 2 is 0.857 bits per heavy atom. The summed E-state index contributed by atoms with van der Waals surface area (Å²) in [5, 5.41) is -1.31. The van der Waals surface area contributed by atoms with Crippen molar-refractivity contribution in [1.29, 1.82) is 0 Å². The number of carbonyl (C=O) groups excluding carboxylic acids is 2. The molecule has 8 fully saturated rings. The van der Waals surface area contributed by atoms with Gasteiger partial charge in [-0.15, -0.1) is 0 Å². The van der Waals surface area contributed by atoms with Crippen molar-refractivity contribution in [1.82, 2.24) is 0 Å². The molecule has 0 aliphatic heterocycles. The van der Waals surface area contributed by atoms with E-state index in [0.29, 0.717) is 49.7 Å². The molecule has 0 saturated heterocycles. The minimum atomic E-state index is -3.38. The first-order valence-electron chi connectivity index (χ1n) is 15.2. The van der Waals surface area contributed by atoms with Gasteiger partial charge in [-0.1, -0.05) is 0 Å². The molecule has 42 heavy (non-hydrogen) atoms. The zero-order valence-corrected chi connectivity index (χ0v) is 28.5. The SMILES string of the molecule is O=C(OCCOCCOCCOC(=O)C12CC3CC(C1)CC(P(=O)(Cl)Cl)(C3)C2)C12CC3CC(C1)CC(P(=O)(Cl)Cl)(C3)C2. The molecule has 8 rings (SSSR count). The van der Waals surface area contributed by atoms with Crippen molar-refractivity contribution in [3.05, 3.63) is 0 Å². The average molecular weight is 708 g/mol. The maximum Gasteiger partial charge on any atom is 0.312 e. The van der Waals surface area contributed by atoms with Crippen molar-refractivity contribution in [3.8, 4) is 0 Å². The molecule has 0 aromatic carbocycles. The van der Waals surface area contributed by atoms with Crippen LogP contribution in [0.25, 0.3) is 0 Å². The van der Waals surface area contributed by atoms with Gasteiger partial charge in [-0.25, -0.2) is 0 Å². The van der Waals surface area contributed by atoms with E-state index >= 15 is 0 Å². The van der Waals surface area contributed by atoms with E-state index in [2.05, 4.69) is 0 Å². The molecule has 0 spiro atoms. The first-order chi connectivity index (χ1) is 19.7. The van der Waals surface area contributed by atoms with E-state index in [-0.39, 0.29) is 38.4 Å². The first kappa shape index (κ1) is 32.4. The van der Waals surface area contributed by atoms with E-state index in [1.54, 1.807) is 0 Å². The second kappa shape index (κ2) is 11.6. The maximum absolute atomic E-state index is 13.1. The number of rotatable bonds is 13. The van der Waals surface area contributed by atoms with Crippen molar-refractivity contribution in [2.45, 2.75) is 87.4 Å². The lowest BCUT2D eigenvalue weighted by molar-refractivity contribution is -0.172. The minimum Gasteiger partial charge on any atom is -0.463 e. The Labute approximate surface area is 266 Å². The van der Waals surface area contributed by atoms with Crippen molar-refractivity contribution >= 4 is 68.6 Å². The van der Waals surface area contributed by atoms with Crippen LogP contribution in [0.5, 0.6) is 0 Å². The Morgan fingerprint density at radius 1 is 0.548 bits per heavy atom. The van der Waals surface area contributed by atoms with Gasteiger partial charge in [0, 0.05) is 0 Å². The highest BCUT2D eigenvalue weighted by atomic mass is 35.9. The fraction of sp³-hybridized carbons (Fsp3) is 0.929. The van der Waals surface area contributed by atoms with Crippen LogP contribution in [-0.4, -0.2) is 61.9 Å². The van der Waals surface area contributed by atoms with E-state index in [9.17, 15) is 18.7 Å². The van der Waals surface area contributed by atoms with Crippen molar-refractivity contribution in [2.75, 3.05) is 39.6 Å². The number of hydrogen-bond donors (Lipinski definition) is 0. The second-order valence-corrected chi connectivity index (χ2v) is 24.8. The Bertz CT molecular complexity index is 1070. The third-order valence-electron chi connectivity index (χ3n) is 11.3. The number of halogens is 4. The van der Waals surface area contributed by atoms with E-state index in [0.717, 1.165) is 64.2 Å². The van der Waals surface area contributed by atoms with Gasteiger partial charge in [-0.3, -0.25) is 18.7 Å². The van der Waals surface area contributed by atoms with Crippen LogP contribution in [0.1, 0.15) is 77.0 Å². The number of esters is 2. The molecule has 238 valence electrons. The molecule has 0 aromatic rings. The van der Waals surface area contributed by atoms with E-state index in [1.165, 1.54) is 0 Å². The molecule has 0 radical (unpaired) electrons. The predicted molar refractivity (Wildman–Crippen MR) is 162 cm³/mol. The molecular weight excluding hydrogens is 668 g/mol. The molecule has 0 amide bonds. The van der Waals surface area contributed by atoms with Gasteiger partial charge in [-0.2, -0.15) is 0 Å². The minimum absolute atomic E-state index is 0.128. The number of ether oxygens (including phenoxy) is 4. The van der Waals surface area contributed by atoms with Gasteiger partial charge in [0.15, 0.2) is 0 Å². The van der Waals surface area contributed by atoms with Crippen LogP contribution in [0.15, 0.2) is 0 Å². The van der Waals surface area contributed by atoms with Crippen LogP contribution in [0.4, 0.5) is 0 Å². The molecule has 4 atom stereocenters. The fourth-order valence-corrected chi connectivity index (χ4v) is 15.8. The molecule has 8 aliphatic carbocycles. The zero-order chi connectivity index (χ0) is 30.0. The van der Waals surface area contributed by atoms with Gasteiger partial charge >= 0.3 is 11.9 Å². The zero-order valence-electron chi connectivity index (χ0n) is 23.7. The Kier molecular flexibility index (Phi) is 8.97. The van der Waals surface area contributed by atoms with Gasteiger partial charge in [0.25, 0.3) is 11.7 Å². The lowest BCUT2D eigenvalue weighted by atomic mass is 9.49. The molecule has 8 aliphatic rings. The quantitative estimate of drug-likeness (QED) is 0.107. The average Bonchev–Trinajstić information content (AvgIpc) is 2.86.